The minimum absolute atomic E-state index is 0.0303. The first kappa shape index (κ1) is 25.7. The average Bonchev–Trinajstić information content (AvgIpc) is 3.12. The normalized spacial score (nSPS) is 12.9. The first-order valence-corrected chi connectivity index (χ1v) is 12.4. The van der Waals surface area contributed by atoms with Crippen molar-refractivity contribution in [1.29, 1.82) is 0 Å². The van der Waals surface area contributed by atoms with E-state index in [4.69, 9.17) is 4.74 Å². The minimum atomic E-state index is -3.54. The van der Waals surface area contributed by atoms with Crippen LogP contribution in [0.15, 0.2) is 47.4 Å². The predicted molar refractivity (Wildman–Crippen MR) is 132 cm³/mol. The van der Waals surface area contributed by atoms with Gasteiger partial charge < -0.3 is 19.5 Å². The van der Waals surface area contributed by atoms with E-state index in [1.54, 1.807) is 25.3 Å². The third-order valence-electron chi connectivity index (χ3n) is 5.92. The summed E-state index contributed by atoms with van der Waals surface area (Å²) in [6, 6.07) is 12.8. The molecule has 1 N–H and O–H groups in total. The van der Waals surface area contributed by atoms with Gasteiger partial charge in [0.05, 0.1) is 29.1 Å². The number of likely N-dealkylation sites (N-methyl/N-ethyl adjacent to an activating group) is 1. The molecule has 1 amide bonds. The zero-order valence-electron chi connectivity index (χ0n) is 20.6. The Balaban J connectivity index is 1.65. The Bertz CT molecular complexity index is 1250. The Kier molecular flexibility index (Phi) is 7.96. The summed E-state index contributed by atoms with van der Waals surface area (Å²) in [5.41, 5.74) is 2.50. The molecule has 1 aromatic heterocycles. The molecular weight excluding hydrogens is 454 g/mol. The lowest BCUT2D eigenvalue weighted by atomic mass is 10.1. The molecule has 1 heterocycles. The zero-order chi connectivity index (χ0) is 25.0. The second-order valence-corrected chi connectivity index (χ2v) is 10.7. The lowest BCUT2D eigenvalue weighted by molar-refractivity contribution is -0.121. The van der Waals surface area contributed by atoms with Gasteiger partial charge in [-0.05, 0) is 50.0 Å². The molecule has 0 unspecified atom stereocenters. The molecule has 2 aromatic carbocycles. The fourth-order valence-electron chi connectivity index (χ4n) is 3.77. The number of benzene rings is 2. The van der Waals surface area contributed by atoms with Crippen LogP contribution >= 0.6 is 0 Å². The number of hydrogen-bond donors (Lipinski definition) is 1. The summed E-state index contributed by atoms with van der Waals surface area (Å²) in [7, 11) is 6.91. The number of amides is 1. The summed E-state index contributed by atoms with van der Waals surface area (Å²) in [6.07, 6.45) is 0.727. The van der Waals surface area contributed by atoms with Crippen LogP contribution in [0.4, 0.5) is 0 Å². The topological polar surface area (TPSA) is 96.8 Å². The monoisotopic (exact) mass is 487 g/mol. The van der Waals surface area contributed by atoms with E-state index in [9.17, 15) is 13.2 Å². The Morgan fingerprint density at radius 1 is 1.12 bits per heavy atom. The number of fused-ring (bicyclic) bond motifs is 1. The minimum Gasteiger partial charge on any atom is -0.497 e. The second kappa shape index (κ2) is 10.5. The Hall–Kier alpha value is -2.95. The van der Waals surface area contributed by atoms with Gasteiger partial charge in [0.2, 0.25) is 15.9 Å². The van der Waals surface area contributed by atoms with Crippen molar-refractivity contribution in [3.8, 4) is 5.75 Å². The molecule has 9 nitrogen and oxygen atoms in total. The Morgan fingerprint density at radius 3 is 2.38 bits per heavy atom. The van der Waals surface area contributed by atoms with Crippen LogP contribution in [0.25, 0.3) is 11.0 Å². The van der Waals surface area contributed by atoms with Gasteiger partial charge in [0.25, 0.3) is 0 Å². The van der Waals surface area contributed by atoms with Gasteiger partial charge in [-0.15, -0.1) is 0 Å². The summed E-state index contributed by atoms with van der Waals surface area (Å²) in [5, 5.41) is 3.02. The van der Waals surface area contributed by atoms with Crippen LogP contribution in [-0.2, 0) is 28.3 Å². The standard InChI is InChI=1S/C24H33N5O4S/c1-27(2)22(17-7-9-18(33-6)10-8-17)16-25-24(30)14-13-23-26-20-15-19(34(31,32)28(3)4)11-12-21(20)29(23)5/h7-12,15,22H,13-14,16H2,1-6H3,(H,25,30)/t22-/m0/s1. The van der Waals surface area contributed by atoms with E-state index < -0.39 is 10.0 Å². The van der Waals surface area contributed by atoms with Crippen LogP contribution in [0, 0.1) is 0 Å². The number of carbonyl (C=O) groups excluding carboxylic acids is 1. The quantitative estimate of drug-likeness (QED) is 0.471. The first-order valence-electron chi connectivity index (χ1n) is 11.0. The summed E-state index contributed by atoms with van der Waals surface area (Å²) in [6.45, 7) is 0.479. The van der Waals surface area contributed by atoms with Crippen molar-refractivity contribution >= 4 is 27.0 Å². The van der Waals surface area contributed by atoms with Crippen molar-refractivity contribution in [2.24, 2.45) is 7.05 Å². The van der Waals surface area contributed by atoms with Gasteiger partial charge in [-0.3, -0.25) is 4.79 Å². The molecule has 184 valence electrons. The first-order chi connectivity index (χ1) is 16.0. The number of rotatable bonds is 10. The highest BCUT2D eigenvalue weighted by Crippen LogP contribution is 2.23. The van der Waals surface area contributed by atoms with Crippen molar-refractivity contribution in [1.82, 2.24) is 24.1 Å². The Labute approximate surface area is 201 Å². The molecule has 0 saturated heterocycles. The number of hydrogen-bond acceptors (Lipinski definition) is 6. The van der Waals surface area contributed by atoms with Crippen molar-refractivity contribution in [2.45, 2.75) is 23.8 Å². The van der Waals surface area contributed by atoms with Crippen LogP contribution < -0.4 is 10.1 Å². The number of aryl methyl sites for hydroxylation is 2. The molecule has 3 aromatic rings. The maximum atomic E-state index is 12.6. The summed E-state index contributed by atoms with van der Waals surface area (Å²) < 4.78 is 33.1. The fraction of sp³-hybridized carbons (Fsp3) is 0.417. The highest BCUT2D eigenvalue weighted by atomic mass is 32.2. The largest absolute Gasteiger partial charge is 0.497 e. The SMILES string of the molecule is COc1ccc([C@H](CNC(=O)CCc2nc3cc(S(=O)(=O)N(C)C)ccc3n2C)N(C)C)cc1. The highest BCUT2D eigenvalue weighted by Gasteiger charge is 2.20. The van der Waals surface area contributed by atoms with Crippen LogP contribution in [0.2, 0.25) is 0 Å². The molecule has 0 aliphatic heterocycles. The third-order valence-corrected chi connectivity index (χ3v) is 7.73. The van der Waals surface area contributed by atoms with E-state index >= 15 is 0 Å². The van der Waals surface area contributed by atoms with Gasteiger partial charge in [0.1, 0.15) is 11.6 Å². The highest BCUT2D eigenvalue weighted by molar-refractivity contribution is 7.89. The molecule has 0 saturated carbocycles. The lowest BCUT2D eigenvalue weighted by Crippen LogP contribution is -2.34. The van der Waals surface area contributed by atoms with Gasteiger partial charge in [0, 0.05) is 40.5 Å². The van der Waals surface area contributed by atoms with Crippen molar-refractivity contribution in [3.63, 3.8) is 0 Å². The fourth-order valence-corrected chi connectivity index (χ4v) is 4.70. The molecule has 10 heteroatoms. The molecule has 0 fully saturated rings. The molecule has 34 heavy (non-hydrogen) atoms. The van der Waals surface area contributed by atoms with Crippen LogP contribution in [0.5, 0.6) is 5.75 Å². The van der Waals surface area contributed by atoms with Crippen LogP contribution in [0.3, 0.4) is 0 Å². The number of aromatic nitrogens is 2. The molecule has 0 aliphatic rings. The summed E-state index contributed by atoms with van der Waals surface area (Å²) >= 11 is 0. The van der Waals surface area contributed by atoms with Gasteiger partial charge in [-0.2, -0.15) is 0 Å². The summed E-state index contributed by atoms with van der Waals surface area (Å²) in [4.78, 5) is 19.4. The van der Waals surface area contributed by atoms with Crippen molar-refractivity contribution < 1.29 is 17.9 Å². The van der Waals surface area contributed by atoms with Gasteiger partial charge in [-0.25, -0.2) is 17.7 Å². The maximum absolute atomic E-state index is 12.6. The number of sulfonamides is 1. The number of methoxy groups -OCH3 is 1. The number of imidazole rings is 1. The van der Waals surface area contributed by atoms with Gasteiger partial charge in [0.15, 0.2) is 0 Å². The molecule has 0 spiro atoms. The van der Waals surface area contributed by atoms with E-state index in [0.717, 1.165) is 22.7 Å². The summed E-state index contributed by atoms with van der Waals surface area (Å²) in [5.74, 6) is 1.45. The molecule has 0 radical (unpaired) electrons. The molecule has 3 rings (SSSR count). The van der Waals surface area contributed by atoms with Gasteiger partial charge >= 0.3 is 0 Å². The number of nitrogens with zero attached hydrogens (tertiary/aromatic N) is 4. The average molecular weight is 488 g/mol. The third kappa shape index (κ3) is 5.57. The molecular formula is C24H33N5O4S. The number of nitrogens with one attached hydrogen (secondary N) is 1. The van der Waals surface area contributed by atoms with E-state index in [2.05, 4.69) is 15.2 Å². The predicted octanol–water partition coefficient (Wildman–Crippen LogP) is 2.18. The van der Waals surface area contributed by atoms with E-state index in [0.29, 0.717) is 18.5 Å². The smallest absolute Gasteiger partial charge is 0.242 e. The van der Waals surface area contributed by atoms with Crippen LogP contribution in [0.1, 0.15) is 23.9 Å². The zero-order valence-corrected chi connectivity index (χ0v) is 21.4. The van der Waals surface area contributed by atoms with E-state index in [-0.39, 0.29) is 23.3 Å². The molecule has 1 atom stereocenters. The second-order valence-electron chi connectivity index (χ2n) is 8.58. The maximum Gasteiger partial charge on any atom is 0.242 e. The number of ether oxygens (including phenoxy) is 1. The van der Waals surface area contributed by atoms with Crippen LogP contribution in [-0.4, -0.2) is 74.9 Å². The molecule has 0 aliphatic carbocycles. The van der Waals surface area contributed by atoms with Gasteiger partial charge in [-0.1, -0.05) is 12.1 Å². The van der Waals surface area contributed by atoms with E-state index in [1.807, 2.05) is 50.0 Å². The Morgan fingerprint density at radius 2 is 1.79 bits per heavy atom. The van der Waals surface area contributed by atoms with E-state index in [1.165, 1.54) is 18.4 Å². The number of carbonyl (C=O) groups is 1. The lowest BCUT2D eigenvalue weighted by Gasteiger charge is -2.25. The van der Waals surface area contributed by atoms with Crippen molar-refractivity contribution in [2.75, 3.05) is 41.8 Å². The van der Waals surface area contributed by atoms with Crippen molar-refractivity contribution in [3.05, 3.63) is 53.9 Å². The molecule has 0 bridgehead atoms.